The summed E-state index contributed by atoms with van der Waals surface area (Å²) < 4.78 is 26.1. The highest BCUT2D eigenvalue weighted by Crippen LogP contribution is 2.32. The fourth-order valence-electron chi connectivity index (χ4n) is 3.82. The van der Waals surface area contributed by atoms with Crippen molar-refractivity contribution >= 4 is 5.95 Å². The first-order chi connectivity index (χ1) is 14.1. The highest BCUT2D eigenvalue weighted by molar-refractivity contribution is 5.49. The van der Waals surface area contributed by atoms with E-state index in [1.54, 1.807) is 26.4 Å². The summed E-state index contributed by atoms with van der Waals surface area (Å²) in [5, 5.41) is 8.82. The van der Waals surface area contributed by atoms with Gasteiger partial charge in [0.1, 0.15) is 11.6 Å². The van der Waals surface area contributed by atoms with E-state index in [2.05, 4.69) is 27.2 Å². The molecular formula is C22H25FN4O2. The number of aromatic nitrogens is 3. The number of rotatable bonds is 5. The molecule has 0 unspecified atom stereocenters. The molecule has 0 aliphatic carbocycles. The van der Waals surface area contributed by atoms with Crippen molar-refractivity contribution < 1.29 is 13.9 Å². The monoisotopic (exact) mass is 396 g/mol. The number of fused-ring (bicyclic) bond motifs is 1. The van der Waals surface area contributed by atoms with E-state index in [0.29, 0.717) is 6.42 Å². The van der Waals surface area contributed by atoms with E-state index in [-0.39, 0.29) is 5.82 Å². The van der Waals surface area contributed by atoms with E-state index in [0.717, 1.165) is 54.8 Å². The van der Waals surface area contributed by atoms with Crippen molar-refractivity contribution in [1.29, 1.82) is 0 Å². The van der Waals surface area contributed by atoms with Gasteiger partial charge < -0.3 is 18.9 Å². The third kappa shape index (κ3) is 3.90. The highest BCUT2D eigenvalue weighted by atomic mass is 19.1. The highest BCUT2D eigenvalue weighted by Gasteiger charge is 2.21. The Morgan fingerprint density at radius 2 is 1.52 bits per heavy atom. The van der Waals surface area contributed by atoms with Crippen molar-refractivity contribution in [3.05, 3.63) is 64.7 Å². The summed E-state index contributed by atoms with van der Waals surface area (Å²) in [7, 11) is 5.31. The van der Waals surface area contributed by atoms with Crippen LogP contribution >= 0.6 is 0 Å². The summed E-state index contributed by atoms with van der Waals surface area (Å²) in [4.78, 5) is 2.26. The first kappa shape index (κ1) is 19.2. The van der Waals surface area contributed by atoms with Crippen LogP contribution < -0.4 is 14.4 Å². The summed E-state index contributed by atoms with van der Waals surface area (Å²) >= 11 is 0. The summed E-state index contributed by atoms with van der Waals surface area (Å²) in [5.41, 5.74) is 3.56. The number of halogens is 1. The molecule has 0 fully saturated rings. The lowest BCUT2D eigenvalue weighted by molar-refractivity contribution is 0.354. The fourth-order valence-corrected chi connectivity index (χ4v) is 3.82. The topological polar surface area (TPSA) is 52.4 Å². The average molecular weight is 396 g/mol. The maximum absolute atomic E-state index is 13.1. The predicted molar refractivity (Wildman–Crippen MR) is 109 cm³/mol. The predicted octanol–water partition coefficient (Wildman–Crippen LogP) is 3.17. The fraction of sp³-hybridized carbons (Fsp3) is 0.364. The van der Waals surface area contributed by atoms with Gasteiger partial charge in [-0.05, 0) is 53.8 Å². The van der Waals surface area contributed by atoms with E-state index in [1.165, 1.54) is 23.3 Å². The Kier molecular flexibility index (Phi) is 5.38. The quantitative estimate of drug-likeness (QED) is 0.663. The Bertz CT molecular complexity index is 966. The second kappa shape index (κ2) is 8.11. The molecule has 7 heteroatoms. The van der Waals surface area contributed by atoms with Crippen LogP contribution in [0.2, 0.25) is 0 Å². The van der Waals surface area contributed by atoms with Gasteiger partial charge in [-0.3, -0.25) is 0 Å². The number of ether oxygens (including phenoxy) is 2. The van der Waals surface area contributed by atoms with Crippen molar-refractivity contribution in [3.63, 3.8) is 0 Å². The van der Waals surface area contributed by atoms with Crippen LogP contribution in [0.3, 0.4) is 0 Å². The van der Waals surface area contributed by atoms with Crippen LogP contribution in [0, 0.1) is 5.82 Å². The summed E-state index contributed by atoms with van der Waals surface area (Å²) in [6.45, 7) is 1.70. The normalized spacial score (nSPS) is 13.7. The SMILES string of the molecule is COc1cc2c(cc1OC)CCN(c1nnc(Cc3ccc(F)cc3)n1C)CC2. The van der Waals surface area contributed by atoms with E-state index < -0.39 is 0 Å². The molecule has 0 saturated carbocycles. The van der Waals surface area contributed by atoms with Crippen LogP contribution in [0.4, 0.5) is 10.3 Å². The maximum atomic E-state index is 13.1. The van der Waals surface area contributed by atoms with Crippen LogP contribution in [0.1, 0.15) is 22.5 Å². The molecule has 0 atom stereocenters. The number of hydrogen-bond donors (Lipinski definition) is 0. The molecule has 0 bridgehead atoms. The van der Waals surface area contributed by atoms with Gasteiger partial charge in [-0.25, -0.2) is 4.39 Å². The average Bonchev–Trinajstić information content (AvgIpc) is 2.97. The lowest BCUT2D eigenvalue weighted by atomic mass is 10.0. The molecule has 0 radical (unpaired) electrons. The molecule has 0 amide bonds. The van der Waals surface area contributed by atoms with Gasteiger partial charge in [-0.2, -0.15) is 0 Å². The molecule has 152 valence electrons. The lowest BCUT2D eigenvalue weighted by Crippen LogP contribution is -2.28. The Balaban J connectivity index is 1.52. The molecule has 2 heterocycles. The van der Waals surface area contributed by atoms with Crippen LogP contribution in [0.15, 0.2) is 36.4 Å². The van der Waals surface area contributed by atoms with Crippen LogP contribution in [-0.2, 0) is 26.3 Å². The molecule has 3 aromatic rings. The third-order valence-corrected chi connectivity index (χ3v) is 5.51. The first-order valence-electron chi connectivity index (χ1n) is 9.70. The summed E-state index contributed by atoms with van der Waals surface area (Å²) in [6, 6.07) is 10.7. The zero-order valence-corrected chi connectivity index (χ0v) is 17.0. The van der Waals surface area contributed by atoms with E-state index in [9.17, 15) is 4.39 Å². The van der Waals surface area contributed by atoms with E-state index >= 15 is 0 Å². The van der Waals surface area contributed by atoms with Crippen LogP contribution in [0.25, 0.3) is 0 Å². The zero-order chi connectivity index (χ0) is 20.4. The van der Waals surface area contributed by atoms with Crippen LogP contribution in [-0.4, -0.2) is 42.1 Å². The molecule has 1 aliphatic heterocycles. The molecule has 0 spiro atoms. The third-order valence-electron chi connectivity index (χ3n) is 5.51. The van der Waals surface area contributed by atoms with Crippen molar-refractivity contribution in [3.8, 4) is 11.5 Å². The number of methoxy groups -OCH3 is 2. The molecule has 2 aromatic carbocycles. The van der Waals surface area contributed by atoms with Gasteiger partial charge in [0.25, 0.3) is 0 Å². The van der Waals surface area contributed by atoms with Gasteiger partial charge in [-0.15, -0.1) is 10.2 Å². The number of benzene rings is 2. The van der Waals surface area contributed by atoms with Gasteiger partial charge >= 0.3 is 0 Å². The van der Waals surface area contributed by atoms with Gasteiger partial charge in [0.15, 0.2) is 11.5 Å². The van der Waals surface area contributed by atoms with Gasteiger partial charge in [-0.1, -0.05) is 12.1 Å². The Morgan fingerprint density at radius 1 is 0.931 bits per heavy atom. The largest absolute Gasteiger partial charge is 0.493 e. The molecule has 6 nitrogen and oxygen atoms in total. The second-order valence-electron chi connectivity index (χ2n) is 7.24. The minimum absolute atomic E-state index is 0.232. The van der Waals surface area contributed by atoms with Crippen molar-refractivity contribution in [2.75, 3.05) is 32.2 Å². The number of nitrogens with zero attached hydrogens (tertiary/aromatic N) is 4. The van der Waals surface area contributed by atoms with Gasteiger partial charge in [0, 0.05) is 26.6 Å². The van der Waals surface area contributed by atoms with E-state index in [1.807, 2.05) is 11.6 Å². The molecule has 29 heavy (non-hydrogen) atoms. The minimum atomic E-state index is -0.232. The molecular weight excluding hydrogens is 371 g/mol. The minimum Gasteiger partial charge on any atom is -0.493 e. The Hall–Kier alpha value is -3.09. The molecule has 0 N–H and O–H groups in total. The summed E-state index contributed by atoms with van der Waals surface area (Å²) in [5.74, 6) is 3.01. The Labute approximate surface area is 169 Å². The van der Waals surface area contributed by atoms with Gasteiger partial charge in [0.2, 0.25) is 5.95 Å². The van der Waals surface area contributed by atoms with Gasteiger partial charge in [0.05, 0.1) is 14.2 Å². The standard InChI is InChI=1S/C22H25FN4O2/c1-26-21(12-15-4-6-18(23)7-5-15)24-25-22(26)27-10-8-16-13-19(28-2)20(29-3)14-17(16)9-11-27/h4-7,13-14H,8-12H2,1-3H3. The number of hydrogen-bond acceptors (Lipinski definition) is 5. The molecule has 1 aromatic heterocycles. The zero-order valence-electron chi connectivity index (χ0n) is 17.0. The number of anilines is 1. The summed E-state index contributed by atoms with van der Waals surface area (Å²) in [6.07, 6.45) is 2.41. The van der Waals surface area contributed by atoms with E-state index in [4.69, 9.17) is 9.47 Å². The van der Waals surface area contributed by atoms with Crippen molar-refractivity contribution in [1.82, 2.24) is 14.8 Å². The molecule has 0 saturated heterocycles. The smallest absolute Gasteiger partial charge is 0.226 e. The second-order valence-corrected chi connectivity index (χ2v) is 7.24. The lowest BCUT2D eigenvalue weighted by Gasteiger charge is -2.20. The first-order valence-corrected chi connectivity index (χ1v) is 9.70. The van der Waals surface area contributed by atoms with Crippen molar-refractivity contribution in [2.24, 2.45) is 7.05 Å². The maximum Gasteiger partial charge on any atom is 0.226 e. The Morgan fingerprint density at radius 3 is 2.07 bits per heavy atom. The van der Waals surface area contributed by atoms with Crippen LogP contribution in [0.5, 0.6) is 11.5 Å². The molecule has 1 aliphatic rings. The van der Waals surface area contributed by atoms with Crippen molar-refractivity contribution in [2.45, 2.75) is 19.3 Å². The molecule has 4 rings (SSSR count).